The number of nitrogens with one attached hydrogen (secondary N) is 1. The van der Waals surface area contributed by atoms with Crippen LogP contribution in [0.3, 0.4) is 0 Å². The molecule has 4 heteroatoms. The number of aldehydes is 1. The fraction of sp³-hybridized carbons (Fsp3) is 0.200. The SMILES string of the molecule is O=CCN[C@H](Cc1cccc2ccccc12)C(=O)O. The third kappa shape index (κ3) is 3.17. The van der Waals surface area contributed by atoms with Gasteiger partial charge < -0.3 is 9.90 Å². The van der Waals surface area contributed by atoms with Crippen LogP contribution in [0.5, 0.6) is 0 Å². The fourth-order valence-electron chi connectivity index (χ4n) is 2.13. The zero-order chi connectivity index (χ0) is 13.7. The van der Waals surface area contributed by atoms with E-state index < -0.39 is 12.0 Å². The first-order valence-corrected chi connectivity index (χ1v) is 6.09. The fourth-order valence-corrected chi connectivity index (χ4v) is 2.13. The number of aliphatic carboxylic acids is 1. The van der Waals surface area contributed by atoms with Crippen molar-refractivity contribution in [2.45, 2.75) is 12.5 Å². The van der Waals surface area contributed by atoms with E-state index in [0.29, 0.717) is 12.7 Å². The highest BCUT2D eigenvalue weighted by Crippen LogP contribution is 2.19. The molecule has 0 aliphatic carbocycles. The lowest BCUT2D eigenvalue weighted by Crippen LogP contribution is -2.39. The molecule has 2 rings (SSSR count). The summed E-state index contributed by atoms with van der Waals surface area (Å²) in [6, 6.07) is 12.9. The van der Waals surface area contributed by atoms with Gasteiger partial charge in [0.15, 0.2) is 0 Å². The van der Waals surface area contributed by atoms with E-state index in [0.717, 1.165) is 16.3 Å². The van der Waals surface area contributed by atoms with Gasteiger partial charge in [-0.25, -0.2) is 0 Å². The molecular formula is C15H15NO3. The molecule has 0 saturated heterocycles. The van der Waals surface area contributed by atoms with E-state index in [2.05, 4.69) is 5.32 Å². The van der Waals surface area contributed by atoms with Gasteiger partial charge in [-0.3, -0.25) is 10.1 Å². The van der Waals surface area contributed by atoms with Gasteiger partial charge in [0.2, 0.25) is 0 Å². The number of fused-ring (bicyclic) bond motifs is 1. The number of rotatable bonds is 6. The first-order chi connectivity index (χ1) is 9.22. The maximum Gasteiger partial charge on any atom is 0.321 e. The van der Waals surface area contributed by atoms with Crippen LogP contribution in [-0.4, -0.2) is 29.9 Å². The average Bonchev–Trinajstić information content (AvgIpc) is 2.43. The Morgan fingerprint density at radius 3 is 2.68 bits per heavy atom. The molecule has 0 radical (unpaired) electrons. The molecule has 2 aromatic rings. The molecule has 1 atom stereocenters. The summed E-state index contributed by atoms with van der Waals surface area (Å²) in [4.78, 5) is 21.5. The standard InChI is InChI=1S/C15H15NO3/c17-9-8-16-14(15(18)19)10-12-6-3-5-11-4-1-2-7-13(11)12/h1-7,9,14,16H,8,10H2,(H,18,19)/t14-/m1/s1. The first kappa shape index (κ1) is 13.2. The van der Waals surface area contributed by atoms with Crippen molar-refractivity contribution in [3.05, 3.63) is 48.0 Å². The predicted molar refractivity (Wildman–Crippen MR) is 73.1 cm³/mol. The van der Waals surface area contributed by atoms with Crippen molar-refractivity contribution in [2.24, 2.45) is 0 Å². The first-order valence-electron chi connectivity index (χ1n) is 6.09. The highest BCUT2D eigenvalue weighted by molar-refractivity contribution is 5.86. The monoisotopic (exact) mass is 257 g/mol. The van der Waals surface area contributed by atoms with E-state index in [1.165, 1.54) is 0 Å². The van der Waals surface area contributed by atoms with Gasteiger partial charge in [0.25, 0.3) is 0 Å². The normalized spacial score (nSPS) is 12.2. The van der Waals surface area contributed by atoms with Crippen LogP contribution in [0, 0.1) is 0 Å². The second-order valence-corrected chi connectivity index (χ2v) is 4.31. The van der Waals surface area contributed by atoms with E-state index in [1.54, 1.807) is 0 Å². The van der Waals surface area contributed by atoms with E-state index >= 15 is 0 Å². The Hall–Kier alpha value is -2.20. The van der Waals surface area contributed by atoms with E-state index in [1.807, 2.05) is 42.5 Å². The molecule has 2 N–H and O–H groups in total. The third-order valence-electron chi connectivity index (χ3n) is 3.05. The van der Waals surface area contributed by atoms with Crippen LogP contribution in [0.2, 0.25) is 0 Å². The number of carbonyl (C=O) groups excluding carboxylic acids is 1. The van der Waals surface area contributed by atoms with Crippen LogP contribution in [0.1, 0.15) is 5.56 Å². The summed E-state index contributed by atoms with van der Waals surface area (Å²) in [7, 11) is 0. The molecule has 0 amide bonds. The summed E-state index contributed by atoms with van der Waals surface area (Å²) in [6.45, 7) is 0.0434. The molecule has 0 unspecified atom stereocenters. The molecule has 0 bridgehead atoms. The van der Waals surface area contributed by atoms with Gasteiger partial charge in [0.1, 0.15) is 12.3 Å². The summed E-state index contributed by atoms with van der Waals surface area (Å²) in [5, 5.41) is 14.0. The molecular weight excluding hydrogens is 242 g/mol. The molecule has 0 heterocycles. The van der Waals surface area contributed by atoms with Crippen molar-refractivity contribution in [2.75, 3.05) is 6.54 Å². The molecule has 0 saturated carbocycles. The number of carbonyl (C=O) groups is 2. The van der Waals surface area contributed by atoms with Crippen molar-refractivity contribution in [1.82, 2.24) is 5.32 Å². The number of carboxylic acid groups (broad SMARTS) is 1. The molecule has 2 aromatic carbocycles. The van der Waals surface area contributed by atoms with Crippen LogP contribution in [0.25, 0.3) is 10.8 Å². The van der Waals surface area contributed by atoms with Crippen molar-refractivity contribution in [1.29, 1.82) is 0 Å². The number of hydrogen-bond acceptors (Lipinski definition) is 3. The average molecular weight is 257 g/mol. The molecule has 0 aliphatic heterocycles. The van der Waals surface area contributed by atoms with E-state index in [-0.39, 0.29) is 6.54 Å². The van der Waals surface area contributed by atoms with Crippen LogP contribution < -0.4 is 5.32 Å². The van der Waals surface area contributed by atoms with Crippen molar-refractivity contribution in [3.63, 3.8) is 0 Å². The minimum absolute atomic E-state index is 0.0434. The minimum Gasteiger partial charge on any atom is -0.480 e. The minimum atomic E-state index is -0.949. The third-order valence-corrected chi connectivity index (χ3v) is 3.05. The molecule has 98 valence electrons. The maximum atomic E-state index is 11.2. The maximum absolute atomic E-state index is 11.2. The van der Waals surface area contributed by atoms with Gasteiger partial charge in [-0.05, 0) is 22.8 Å². The summed E-state index contributed by atoms with van der Waals surface area (Å²) < 4.78 is 0. The lowest BCUT2D eigenvalue weighted by atomic mass is 9.99. The van der Waals surface area contributed by atoms with E-state index in [4.69, 9.17) is 5.11 Å². The van der Waals surface area contributed by atoms with Gasteiger partial charge in [0, 0.05) is 0 Å². The Morgan fingerprint density at radius 1 is 1.21 bits per heavy atom. The highest BCUT2D eigenvalue weighted by atomic mass is 16.4. The van der Waals surface area contributed by atoms with Crippen molar-refractivity contribution in [3.8, 4) is 0 Å². The molecule has 0 fully saturated rings. The van der Waals surface area contributed by atoms with Crippen LogP contribution in [0.4, 0.5) is 0 Å². The predicted octanol–water partition coefficient (Wildman–Crippen LogP) is 1.62. The summed E-state index contributed by atoms with van der Waals surface area (Å²) in [5.41, 5.74) is 0.962. The quantitative estimate of drug-likeness (QED) is 0.772. The van der Waals surface area contributed by atoms with Crippen LogP contribution in [-0.2, 0) is 16.0 Å². The highest BCUT2D eigenvalue weighted by Gasteiger charge is 2.17. The van der Waals surface area contributed by atoms with Crippen molar-refractivity contribution < 1.29 is 14.7 Å². The van der Waals surface area contributed by atoms with Gasteiger partial charge in [-0.1, -0.05) is 42.5 Å². The molecule has 0 aliphatic rings. The van der Waals surface area contributed by atoms with Crippen molar-refractivity contribution >= 4 is 23.0 Å². The topological polar surface area (TPSA) is 66.4 Å². The van der Waals surface area contributed by atoms with Crippen LogP contribution in [0.15, 0.2) is 42.5 Å². The Balaban J connectivity index is 2.28. The zero-order valence-electron chi connectivity index (χ0n) is 10.4. The van der Waals surface area contributed by atoms with Crippen LogP contribution >= 0.6 is 0 Å². The van der Waals surface area contributed by atoms with E-state index in [9.17, 15) is 9.59 Å². The number of hydrogen-bond donors (Lipinski definition) is 2. The summed E-state index contributed by atoms with van der Waals surface area (Å²) in [5.74, 6) is -0.949. The van der Waals surface area contributed by atoms with Gasteiger partial charge in [-0.15, -0.1) is 0 Å². The summed E-state index contributed by atoms with van der Waals surface area (Å²) in [6.07, 6.45) is 1.02. The number of carboxylic acids is 1. The largest absolute Gasteiger partial charge is 0.480 e. The Labute approximate surface area is 111 Å². The number of benzene rings is 2. The lowest BCUT2D eigenvalue weighted by Gasteiger charge is -2.14. The molecule has 19 heavy (non-hydrogen) atoms. The van der Waals surface area contributed by atoms with Gasteiger partial charge in [0.05, 0.1) is 6.54 Å². The Morgan fingerprint density at radius 2 is 1.95 bits per heavy atom. The second kappa shape index (κ2) is 6.11. The zero-order valence-corrected chi connectivity index (χ0v) is 10.4. The lowest BCUT2D eigenvalue weighted by molar-refractivity contribution is -0.139. The van der Waals surface area contributed by atoms with Gasteiger partial charge in [-0.2, -0.15) is 0 Å². The smallest absolute Gasteiger partial charge is 0.321 e. The summed E-state index contributed by atoms with van der Waals surface area (Å²) >= 11 is 0. The van der Waals surface area contributed by atoms with Gasteiger partial charge >= 0.3 is 5.97 Å². The molecule has 0 spiro atoms. The second-order valence-electron chi connectivity index (χ2n) is 4.31. The molecule has 4 nitrogen and oxygen atoms in total. The Bertz CT molecular complexity index is 589. The Kier molecular flexibility index (Phi) is 4.26. The molecule has 0 aromatic heterocycles.